The molecule has 0 spiro atoms. The number of hydrogen-bond acceptors (Lipinski definition) is 2. The number of aliphatic carboxylic acids is 1. The van der Waals surface area contributed by atoms with Gasteiger partial charge in [-0.05, 0) is 38.0 Å². The van der Waals surface area contributed by atoms with Crippen molar-refractivity contribution in [3.05, 3.63) is 0 Å². The molecule has 2 rings (SSSR count). The predicted octanol–water partition coefficient (Wildman–Crippen LogP) is 2.85. The molecule has 0 radical (unpaired) electrons. The van der Waals surface area contributed by atoms with Crippen molar-refractivity contribution in [2.24, 2.45) is 11.8 Å². The molecule has 1 aliphatic heterocycles. The Kier molecular flexibility index (Phi) is 5.88. The summed E-state index contributed by atoms with van der Waals surface area (Å²) in [7, 11) is 0. The van der Waals surface area contributed by atoms with Crippen molar-refractivity contribution in [1.82, 2.24) is 10.2 Å². The molecule has 5 heteroatoms. The van der Waals surface area contributed by atoms with Crippen molar-refractivity contribution >= 4 is 12.0 Å². The molecular formula is C16H28N2O3. The maximum atomic E-state index is 12.3. The normalized spacial score (nSPS) is 27.4. The highest BCUT2D eigenvalue weighted by atomic mass is 16.4. The zero-order chi connectivity index (χ0) is 15.2. The minimum absolute atomic E-state index is 0.000914. The molecule has 2 N–H and O–H groups in total. The Morgan fingerprint density at radius 2 is 1.90 bits per heavy atom. The summed E-state index contributed by atoms with van der Waals surface area (Å²) in [6, 6.07) is 0.0294. The molecule has 120 valence electrons. The van der Waals surface area contributed by atoms with Crippen LogP contribution in [-0.2, 0) is 4.79 Å². The lowest BCUT2D eigenvalue weighted by molar-refractivity contribution is -0.143. The number of nitrogens with one attached hydrogen (secondary N) is 1. The Morgan fingerprint density at radius 1 is 1.19 bits per heavy atom. The maximum absolute atomic E-state index is 12.3. The van der Waals surface area contributed by atoms with Crippen molar-refractivity contribution in [2.75, 3.05) is 13.1 Å². The van der Waals surface area contributed by atoms with Crippen LogP contribution in [-0.4, -0.2) is 41.1 Å². The minimum Gasteiger partial charge on any atom is -0.481 e. The Hall–Kier alpha value is -1.26. The van der Waals surface area contributed by atoms with Gasteiger partial charge in [-0.25, -0.2) is 4.79 Å². The average Bonchev–Trinajstić information content (AvgIpc) is 2.48. The van der Waals surface area contributed by atoms with Crippen molar-refractivity contribution in [3.8, 4) is 0 Å². The lowest BCUT2D eigenvalue weighted by Gasteiger charge is -2.34. The van der Waals surface area contributed by atoms with Gasteiger partial charge in [-0.2, -0.15) is 0 Å². The first-order valence-electron chi connectivity index (χ1n) is 8.38. The predicted molar refractivity (Wildman–Crippen MR) is 81.1 cm³/mol. The van der Waals surface area contributed by atoms with Crippen molar-refractivity contribution in [3.63, 3.8) is 0 Å². The summed E-state index contributed by atoms with van der Waals surface area (Å²) in [5, 5.41) is 12.1. The fraction of sp³-hybridized carbons (Fsp3) is 0.875. The lowest BCUT2D eigenvalue weighted by atomic mass is 9.86. The molecule has 0 aromatic carbocycles. The van der Waals surface area contributed by atoms with Crippen LogP contribution in [0.3, 0.4) is 0 Å². The first-order chi connectivity index (χ1) is 10.1. The number of carboxylic acid groups (broad SMARTS) is 1. The van der Waals surface area contributed by atoms with Gasteiger partial charge in [0.2, 0.25) is 0 Å². The molecule has 0 aromatic heterocycles. The SMILES string of the molecule is CCCC1CCN(C(=O)NC2CCCC(C(=O)O)C2)CC1. The number of carboxylic acids is 1. The number of nitrogens with zero attached hydrogens (tertiary/aromatic N) is 1. The van der Waals surface area contributed by atoms with Crippen molar-refractivity contribution < 1.29 is 14.7 Å². The van der Waals surface area contributed by atoms with E-state index in [4.69, 9.17) is 5.11 Å². The van der Waals surface area contributed by atoms with Gasteiger partial charge in [0, 0.05) is 19.1 Å². The van der Waals surface area contributed by atoms with E-state index in [1.54, 1.807) is 0 Å². The summed E-state index contributed by atoms with van der Waals surface area (Å²) in [6.07, 6.45) is 7.79. The van der Waals surface area contributed by atoms with E-state index in [1.165, 1.54) is 12.8 Å². The second kappa shape index (κ2) is 7.66. The molecule has 2 unspecified atom stereocenters. The highest BCUT2D eigenvalue weighted by Crippen LogP contribution is 2.25. The molecule has 5 nitrogen and oxygen atoms in total. The van der Waals surface area contributed by atoms with Gasteiger partial charge in [0.1, 0.15) is 0 Å². The number of carbonyl (C=O) groups excluding carboxylic acids is 1. The van der Waals surface area contributed by atoms with E-state index in [1.807, 2.05) is 4.90 Å². The first kappa shape index (κ1) is 16.1. The highest BCUT2D eigenvalue weighted by Gasteiger charge is 2.29. The summed E-state index contributed by atoms with van der Waals surface area (Å²) in [6.45, 7) is 3.89. The molecule has 2 atom stereocenters. The standard InChI is InChI=1S/C16H28N2O3/c1-2-4-12-7-9-18(10-8-12)16(21)17-14-6-3-5-13(11-14)15(19)20/h12-14H,2-11H2,1H3,(H,17,21)(H,19,20). The van der Waals surface area contributed by atoms with Crippen LogP contribution in [0.4, 0.5) is 4.79 Å². The molecule has 21 heavy (non-hydrogen) atoms. The summed E-state index contributed by atoms with van der Waals surface area (Å²) in [5.74, 6) is -0.251. The van der Waals surface area contributed by atoms with Gasteiger partial charge in [-0.15, -0.1) is 0 Å². The number of rotatable bonds is 4. The summed E-state index contributed by atoms with van der Waals surface area (Å²) in [5.41, 5.74) is 0. The third kappa shape index (κ3) is 4.61. The van der Waals surface area contributed by atoms with Crippen LogP contribution in [0.5, 0.6) is 0 Å². The fourth-order valence-electron chi connectivity index (χ4n) is 3.64. The molecular weight excluding hydrogens is 268 g/mol. The Balaban J connectivity index is 1.75. The number of carbonyl (C=O) groups is 2. The van der Waals surface area contributed by atoms with E-state index in [0.717, 1.165) is 51.1 Å². The molecule has 1 saturated heterocycles. The largest absolute Gasteiger partial charge is 0.481 e. The second-order valence-corrected chi connectivity index (χ2v) is 6.57. The van der Waals surface area contributed by atoms with Gasteiger partial charge < -0.3 is 15.3 Å². The Labute approximate surface area is 127 Å². The van der Waals surface area contributed by atoms with Gasteiger partial charge in [-0.1, -0.05) is 26.2 Å². The van der Waals surface area contributed by atoms with Crippen LogP contribution in [0, 0.1) is 11.8 Å². The second-order valence-electron chi connectivity index (χ2n) is 6.57. The maximum Gasteiger partial charge on any atom is 0.317 e. The monoisotopic (exact) mass is 296 g/mol. The molecule has 1 aliphatic carbocycles. The Morgan fingerprint density at radius 3 is 2.52 bits per heavy atom. The summed E-state index contributed by atoms with van der Waals surface area (Å²) < 4.78 is 0. The number of piperidine rings is 1. The summed E-state index contributed by atoms with van der Waals surface area (Å²) >= 11 is 0. The smallest absolute Gasteiger partial charge is 0.317 e. The van der Waals surface area contributed by atoms with E-state index in [0.29, 0.717) is 6.42 Å². The van der Waals surface area contributed by atoms with Crippen LogP contribution in [0.2, 0.25) is 0 Å². The molecule has 0 aromatic rings. The van der Waals surface area contributed by atoms with Crippen molar-refractivity contribution in [1.29, 1.82) is 0 Å². The zero-order valence-corrected chi connectivity index (χ0v) is 13.0. The van der Waals surface area contributed by atoms with E-state index in [2.05, 4.69) is 12.2 Å². The van der Waals surface area contributed by atoms with Crippen molar-refractivity contribution in [2.45, 2.75) is 64.3 Å². The van der Waals surface area contributed by atoms with Crippen LogP contribution in [0.15, 0.2) is 0 Å². The average molecular weight is 296 g/mol. The van der Waals surface area contributed by atoms with Crippen LogP contribution in [0.25, 0.3) is 0 Å². The number of amides is 2. The molecule has 1 saturated carbocycles. The third-order valence-electron chi connectivity index (χ3n) is 4.95. The molecule has 2 fully saturated rings. The third-order valence-corrected chi connectivity index (χ3v) is 4.95. The van der Waals surface area contributed by atoms with Crippen LogP contribution >= 0.6 is 0 Å². The van der Waals surface area contributed by atoms with Gasteiger partial charge in [0.15, 0.2) is 0 Å². The van der Waals surface area contributed by atoms with Gasteiger partial charge >= 0.3 is 12.0 Å². The highest BCUT2D eigenvalue weighted by molar-refractivity contribution is 5.75. The first-order valence-corrected chi connectivity index (χ1v) is 8.38. The quantitative estimate of drug-likeness (QED) is 0.838. The molecule has 1 heterocycles. The van der Waals surface area contributed by atoms with Gasteiger partial charge in [-0.3, -0.25) is 4.79 Å². The number of urea groups is 1. The zero-order valence-electron chi connectivity index (χ0n) is 13.0. The van der Waals surface area contributed by atoms with E-state index in [9.17, 15) is 9.59 Å². The van der Waals surface area contributed by atoms with Gasteiger partial charge in [0.05, 0.1) is 5.92 Å². The molecule has 2 amide bonds. The molecule has 2 aliphatic rings. The van der Waals surface area contributed by atoms with E-state index in [-0.39, 0.29) is 18.0 Å². The number of hydrogen-bond donors (Lipinski definition) is 2. The van der Waals surface area contributed by atoms with Crippen LogP contribution in [0.1, 0.15) is 58.3 Å². The van der Waals surface area contributed by atoms with Gasteiger partial charge in [0.25, 0.3) is 0 Å². The lowest BCUT2D eigenvalue weighted by Crippen LogP contribution is -2.49. The number of likely N-dealkylation sites (tertiary alicyclic amines) is 1. The van der Waals surface area contributed by atoms with Crippen LogP contribution < -0.4 is 5.32 Å². The molecule has 0 bridgehead atoms. The van der Waals surface area contributed by atoms with E-state index < -0.39 is 5.97 Å². The van der Waals surface area contributed by atoms with E-state index >= 15 is 0 Å². The summed E-state index contributed by atoms with van der Waals surface area (Å²) in [4.78, 5) is 25.2. The fourth-order valence-corrected chi connectivity index (χ4v) is 3.64. The topological polar surface area (TPSA) is 69.6 Å². The minimum atomic E-state index is -0.727. The Bertz CT molecular complexity index is 365.